The molecule has 10 heteroatoms. The van der Waals surface area contributed by atoms with Gasteiger partial charge in [0, 0.05) is 0 Å². The van der Waals surface area contributed by atoms with Crippen LogP contribution in [0, 0.1) is 0 Å². The highest BCUT2D eigenvalue weighted by molar-refractivity contribution is 5.81. The van der Waals surface area contributed by atoms with Gasteiger partial charge in [0.05, 0.1) is 0 Å². The Hall–Kier alpha value is -2.46. The smallest absolute Gasteiger partial charge is 0.311 e. The lowest BCUT2D eigenvalue weighted by molar-refractivity contribution is -0.0127. The van der Waals surface area contributed by atoms with Gasteiger partial charge in [0.25, 0.3) is 0 Å². The molecule has 0 unspecified atom stereocenters. The molecule has 20 heavy (non-hydrogen) atoms. The van der Waals surface area contributed by atoms with Crippen LogP contribution in [0.3, 0.4) is 0 Å². The minimum absolute atomic E-state index is 0.130. The number of aliphatic hydroxyl groups excluding tert-OH is 3. The summed E-state index contributed by atoms with van der Waals surface area (Å²) >= 11 is 0. The highest BCUT2D eigenvalue weighted by Gasteiger charge is 2.44. The number of fused-ring (bicyclic) bond motifs is 1. The first-order valence-corrected chi connectivity index (χ1v) is 5.55. The van der Waals surface area contributed by atoms with Crippen molar-refractivity contribution in [1.82, 2.24) is 19.5 Å². The van der Waals surface area contributed by atoms with Crippen LogP contribution in [0.15, 0.2) is 24.4 Å². The van der Waals surface area contributed by atoms with E-state index in [9.17, 15) is 14.6 Å². The molecule has 1 aliphatic rings. The van der Waals surface area contributed by atoms with Gasteiger partial charge < -0.3 is 25.8 Å². The highest BCUT2D eigenvalue weighted by atomic mass is 19.1. The van der Waals surface area contributed by atoms with Crippen molar-refractivity contribution < 1.29 is 24.4 Å². The summed E-state index contributed by atoms with van der Waals surface area (Å²) < 4.78 is 19.1. The van der Waals surface area contributed by atoms with Crippen LogP contribution in [0.5, 0.6) is 0 Å². The van der Waals surface area contributed by atoms with Crippen LogP contribution < -0.4 is 5.73 Å². The van der Waals surface area contributed by atoms with Crippen LogP contribution in [0.1, 0.15) is 6.23 Å². The maximum atomic E-state index is 12.8. The molecule has 2 aromatic heterocycles. The van der Waals surface area contributed by atoms with E-state index in [0.29, 0.717) is 0 Å². The molecular weight excluding hydrogens is 273 g/mol. The van der Waals surface area contributed by atoms with Gasteiger partial charge in [0.15, 0.2) is 11.5 Å². The fourth-order valence-electron chi connectivity index (χ4n) is 2.03. The molecular formula is C10H10FN5O4. The van der Waals surface area contributed by atoms with Crippen molar-refractivity contribution in [3.05, 3.63) is 24.4 Å². The van der Waals surface area contributed by atoms with E-state index in [4.69, 9.17) is 15.6 Å². The third-order valence-corrected chi connectivity index (χ3v) is 3.00. The Bertz CT molecular complexity index is 698. The van der Waals surface area contributed by atoms with Gasteiger partial charge in [0.1, 0.15) is 30.4 Å². The van der Waals surface area contributed by atoms with E-state index in [-0.39, 0.29) is 17.0 Å². The van der Waals surface area contributed by atoms with E-state index in [1.54, 1.807) is 0 Å². The summed E-state index contributed by atoms with van der Waals surface area (Å²) in [6.07, 6.45) is -1.94. The summed E-state index contributed by atoms with van der Waals surface area (Å²) in [4.78, 5) is 11.7. The Kier molecular flexibility index (Phi) is 2.69. The first-order valence-electron chi connectivity index (χ1n) is 5.55. The van der Waals surface area contributed by atoms with Gasteiger partial charge >= 0.3 is 6.01 Å². The van der Waals surface area contributed by atoms with Gasteiger partial charge in [0.2, 0.25) is 12.0 Å². The number of anilines is 1. The van der Waals surface area contributed by atoms with Gasteiger partial charge in [-0.2, -0.15) is 4.39 Å². The van der Waals surface area contributed by atoms with Crippen molar-refractivity contribution in [2.75, 3.05) is 5.73 Å². The molecule has 1 saturated heterocycles. The maximum absolute atomic E-state index is 12.8. The van der Waals surface area contributed by atoms with Crippen LogP contribution >= 0.6 is 0 Å². The van der Waals surface area contributed by atoms with Crippen molar-refractivity contribution in [2.45, 2.75) is 18.4 Å². The summed E-state index contributed by atoms with van der Waals surface area (Å²) in [5.74, 6) is -0.614. The largest absolute Gasteiger partial charge is 0.484 e. The lowest BCUT2D eigenvalue weighted by Crippen LogP contribution is -2.27. The Morgan fingerprint density at radius 3 is 2.75 bits per heavy atom. The second kappa shape index (κ2) is 4.28. The van der Waals surface area contributed by atoms with E-state index >= 15 is 0 Å². The molecule has 0 bridgehead atoms. The average Bonchev–Trinajstić information content (AvgIpc) is 2.94. The number of nitrogens with two attached hydrogens (primary N) is 1. The van der Waals surface area contributed by atoms with Gasteiger partial charge in [-0.15, -0.1) is 0 Å². The van der Waals surface area contributed by atoms with E-state index in [1.165, 1.54) is 17.2 Å². The second-order valence-electron chi connectivity index (χ2n) is 4.18. The number of hydrogen-bond donors (Lipinski definition) is 4. The lowest BCUT2D eigenvalue weighted by Gasteiger charge is -2.15. The number of ether oxygens (including phenoxy) is 1. The molecule has 0 saturated carbocycles. The zero-order valence-corrected chi connectivity index (χ0v) is 9.88. The zero-order valence-electron chi connectivity index (χ0n) is 9.88. The Balaban J connectivity index is 2.09. The number of aromatic nitrogens is 4. The molecule has 2 aromatic rings. The molecule has 1 fully saturated rings. The monoisotopic (exact) mass is 283 g/mol. The van der Waals surface area contributed by atoms with Crippen molar-refractivity contribution >= 4 is 17.0 Å². The van der Waals surface area contributed by atoms with Crippen molar-refractivity contribution in [3.63, 3.8) is 0 Å². The summed E-state index contributed by atoms with van der Waals surface area (Å²) in [5.41, 5.74) is 6.14. The molecule has 1 aliphatic heterocycles. The SMILES string of the molecule is Nc1ncnc2c1ncn2[C@@H]1O/C(=C(/O)F)[C@@H](O)[C@H]1O. The summed E-state index contributed by atoms with van der Waals surface area (Å²) in [5, 5.41) is 28.2. The molecule has 3 atom stereocenters. The summed E-state index contributed by atoms with van der Waals surface area (Å²) in [7, 11) is 0. The molecule has 9 nitrogen and oxygen atoms in total. The van der Waals surface area contributed by atoms with E-state index in [0.717, 1.165) is 0 Å². The number of imidazole rings is 1. The number of aliphatic hydroxyl groups is 3. The molecule has 3 rings (SSSR count). The lowest BCUT2D eigenvalue weighted by atomic mass is 10.2. The third kappa shape index (κ3) is 1.66. The van der Waals surface area contributed by atoms with E-state index in [1.807, 2.05) is 0 Å². The van der Waals surface area contributed by atoms with Crippen molar-refractivity contribution in [3.8, 4) is 0 Å². The quantitative estimate of drug-likeness (QED) is 0.506. The molecule has 0 amide bonds. The maximum Gasteiger partial charge on any atom is 0.311 e. The topological polar surface area (TPSA) is 140 Å². The molecule has 0 aliphatic carbocycles. The Morgan fingerprint density at radius 1 is 1.35 bits per heavy atom. The first kappa shape index (κ1) is 12.6. The van der Waals surface area contributed by atoms with Gasteiger partial charge in [-0.1, -0.05) is 0 Å². The molecule has 5 N–H and O–H groups in total. The number of rotatable bonds is 1. The van der Waals surface area contributed by atoms with Gasteiger partial charge in [-0.3, -0.25) is 4.57 Å². The number of hydrogen-bond acceptors (Lipinski definition) is 8. The molecule has 0 aromatic carbocycles. The third-order valence-electron chi connectivity index (χ3n) is 3.00. The van der Waals surface area contributed by atoms with E-state index < -0.39 is 30.2 Å². The zero-order chi connectivity index (χ0) is 14.4. The molecule has 0 radical (unpaired) electrons. The van der Waals surface area contributed by atoms with Crippen LogP contribution in [0.4, 0.5) is 10.2 Å². The van der Waals surface area contributed by atoms with E-state index in [2.05, 4.69) is 15.0 Å². The fraction of sp³-hybridized carbons (Fsp3) is 0.300. The number of nitrogens with zero attached hydrogens (tertiary/aromatic N) is 4. The predicted octanol–water partition coefficient (Wildman–Crippen LogP) is -0.644. The molecule has 0 spiro atoms. The first-order chi connectivity index (χ1) is 9.50. The Labute approximate surface area is 110 Å². The standard InChI is InChI=1S/C10H10FN5O4/c11-7(19)6-4(17)5(18)10(20-6)16-2-15-3-8(12)13-1-14-9(3)16/h1-2,4-5,10,17-19H,(H2,12,13,14)/b7-6+/t4-,5+,10+/m0/s1. The van der Waals surface area contributed by atoms with Crippen LogP contribution in [-0.4, -0.2) is 47.0 Å². The van der Waals surface area contributed by atoms with Crippen molar-refractivity contribution in [2.24, 2.45) is 0 Å². The summed E-state index contributed by atoms with van der Waals surface area (Å²) in [6.45, 7) is 0. The highest BCUT2D eigenvalue weighted by Crippen LogP contribution is 2.35. The second-order valence-corrected chi connectivity index (χ2v) is 4.18. The minimum Gasteiger partial charge on any atom is -0.484 e. The van der Waals surface area contributed by atoms with Crippen LogP contribution in [0.25, 0.3) is 11.2 Å². The average molecular weight is 283 g/mol. The Morgan fingerprint density at radius 2 is 2.10 bits per heavy atom. The molecule has 106 valence electrons. The van der Waals surface area contributed by atoms with Gasteiger partial charge in [-0.05, 0) is 0 Å². The van der Waals surface area contributed by atoms with Gasteiger partial charge in [-0.25, -0.2) is 15.0 Å². The number of nitrogen functional groups attached to an aromatic ring is 1. The fourth-order valence-corrected chi connectivity index (χ4v) is 2.03. The predicted molar refractivity (Wildman–Crippen MR) is 62.6 cm³/mol. The molecule has 3 heterocycles. The summed E-state index contributed by atoms with van der Waals surface area (Å²) in [6, 6.07) is -1.70. The van der Waals surface area contributed by atoms with Crippen LogP contribution in [0.2, 0.25) is 0 Å². The normalized spacial score (nSPS) is 28.6. The number of halogens is 1. The van der Waals surface area contributed by atoms with Crippen molar-refractivity contribution in [1.29, 1.82) is 0 Å². The minimum atomic E-state index is -1.70. The van der Waals surface area contributed by atoms with Crippen LogP contribution in [-0.2, 0) is 4.74 Å².